The van der Waals surface area contributed by atoms with E-state index in [0.29, 0.717) is 33.2 Å². The Morgan fingerprint density at radius 3 is 2.50 bits per heavy atom. The van der Waals surface area contributed by atoms with E-state index >= 15 is 0 Å². The number of anilines is 1. The second kappa shape index (κ2) is 12.0. The Labute approximate surface area is 228 Å². The molecule has 0 spiro atoms. The van der Waals surface area contributed by atoms with Gasteiger partial charge in [-0.3, -0.25) is 19.5 Å². The number of nitrogens with one attached hydrogen (secondary N) is 2. The Morgan fingerprint density at radius 1 is 1.00 bits per heavy atom. The third kappa shape index (κ3) is 6.11. The predicted octanol–water partition coefficient (Wildman–Crippen LogP) is 3.72. The van der Waals surface area contributed by atoms with E-state index in [1.165, 1.54) is 37.3 Å². The molecule has 2 aromatic heterocycles. The lowest BCUT2D eigenvalue weighted by Crippen LogP contribution is -2.25. The maximum absolute atomic E-state index is 12.9. The first-order valence-corrected chi connectivity index (χ1v) is 13.3. The van der Waals surface area contributed by atoms with Crippen LogP contribution in [-0.4, -0.2) is 56.7 Å². The number of amides is 2. The van der Waals surface area contributed by atoms with Crippen molar-refractivity contribution in [2.24, 2.45) is 0 Å². The zero-order chi connectivity index (χ0) is 27.2. The topological polar surface area (TPSA) is 133 Å². The van der Waals surface area contributed by atoms with Crippen LogP contribution in [-0.2, 0) is 11.3 Å². The summed E-state index contributed by atoms with van der Waals surface area (Å²) in [5.74, 6) is 1.08. The molecule has 0 radical (unpaired) electrons. The molecule has 0 fully saturated rings. The summed E-state index contributed by atoms with van der Waals surface area (Å²) in [4.78, 5) is 25.4. The lowest BCUT2D eigenvalue weighted by molar-refractivity contribution is -0.113. The summed E-state index contributed by atoms with van der Waals surface area (Å²) in [6, 6.07) is 10.9. The zero-order valence-electron chi connectivity index (χ0n) is 21.6. The fourth-order valence-corrected chi connectivity index (χ4v) is 4.97. The highest BCUT2D eigenvalue weighted by Gasteiger charge is 2.19. The standard InChI is InChI=1S/C25H27N7O4S2/c1-14-7-6-8-18(15(14)2)32-21(12-26-23(34)17-9-10-19(35-4)20(11-17)36-5)29-31-25(32)37-13-22(33)27-24-30-28-16(3)38-24/h6-11H,12-13H2,1-5H3,(H,26,34)(H,27,30,33). The number of benzene rings is 2. The van der Waals surface area contributed by atoms with Gasteiger partial charge in [-0.25, -0.2) is 0 Å². The van der Waals surface area contributed by atoms with Gasteiger partial charge in [0.2, 0.25) is 11.0 Å². The fraction of sp³-hybridized carbons (Fsp3) is 0.280. The molecule has 0 saturated carbocycles. The van der Waals surface area contributed by atoms with Crippen LogP contribution in [0.15, 0.2) is 41.6 Å². The second-order valence-electron chi connectivity index (χ2n) is 8.17. The number of aryl methyl sites for hydroxylation is 2. The van der Waals surface area contributed by atoms with Gasteiger partial charge >= 0.3 is 0 Å². The van der Waals surface area contributed by atoms with E-state index in [-0.39, 0.29) is 24.1 Å². The summed E-state index contributed by atoms with van der Waals surface area (Å²) in [5, 5.41) is 23.9. The first-order chi connectivity index (χ1) is 18.3. The van der Waals surface area contributed by atoms with Gasteiger partial charge in [0.1, 0.15) is 5.01 Å². The Kier molecular flexibility index (Phi) is 8.59. The molecule has 0 bridgehead atoms. The van der Waals surface area contributed by atoms with Crippen LogP contribution in [0.5, 0.6) is 11.5 Å². The molecule has 0 aliphatic heterocycles. The molecule has 198 valence electrons. The molecule has 0 aliphatic carbocycles. The van der Waals surface area contributed by atoms with E-state index in [9.17, 15) is 9.59 Å². The molecule has 0 unspecified atom stereocenters. The Bertz CT molecular complexity index is 1470. The van der Waals surface area contributed by atoms with Gasteiger partial charge in [-0.05, 0) is 56.2 Å². The minimum Gasteiger partial charge on any atom is -0.493 e. The van der Waals surface area contributed by atoms with Gasteiger partial charge in [0.05, 0.1) is 32.2 Å². The molecule has 13 heteroatoms. The zero-order valence-corrected chi connectivity index (χ0v) is 23.2. The smallest absolute Gasteiger partial charge is 0.251 e. The van der Waals surface area contributed by atoms with Crippen LogP contribution < -0.4 is 20.1 Å². The molecular weight excluding hydrogens is 526 g/mol. The number of hydrogen-bond donors (Lipinski definition) is 2. The van der Waals surface area contributed by atoms with Crippen molar-refractivity contribution in [3.8, 4) is 17.2 Å². The van der Waals surface area contributed by atoms with Gasteiger partial charge < -0.3 is 14.8 Å². The molecular formula is C25H27N7O4S2. The Hall–Kier alpha value is -3.97. The van der Waals surface area contributed by atoms with E-state index < -0.39 is 0 Å². The second-order valence-corrected chi connectivity index (χ2v) is 10.3. The maximum atomic E-state index is 12.9. The van der Waals surface area contributed by atoms with Crippen LogP contribution >= 0.6 is 23.1 Å². The van der Waals surface area contributed by atoms with E-state index in [1.54, 1.807) is 18.2 Å². The minimum atomic E-state index is -0.303. The normalized spacial score (nSPS) is 10.8. The van der Waals surface area contributed by atoms with Gasteiger partial charge in [-0.15, -0.1) is 20.4 Å². The van der Waals surface area contributed by atoms with Crippen molar-refractivity contribution < 1.29 is 19.1 Å². The van der Waals surface area contributed by atoms with Gasteiger partial charge in [-0.1, -0.05) is 35.2 Å². The van der Waals surface area contributed by atoms with Crippen molar-refractivity contribution in [2.45, 2.75) is 32.5 Å². The van der Waals surface area contributed by atoms with E-state index in [2.05, 4.69) is 31.0 Å². The summed E-state index contributed by atoms with van der Waals surface area (Å²) in [5.41, 5.74) is 3.42. The number of carbonyl (C=O) groups is 2. The number of nitrogens with zero attached hydrogens (tertiary/aromatic N) is 5. The van der Waals surface area contributed by atoms with Crippen molar-refractivity contribution in [3.05, 3.63) is 63.9 Å². The monoisotopic (exact) mass is 553 g/mol. The highest BCUT2D eigenvalue weighted by atomic mass is 32.2. The maximum Gasteiger partial charge on any atom is 0.251 e. The van der Waals surface area contributed by atoms with E-state index in [4.69, 9.17) is 9.47 Å². The van der Waals surface area contributed by atoms with Crippen LogP contribution in [0.1, 0.15) is 32.3 Å². The molecule has 4 aromatic rings. The predicted molar refractivity (Wildman–Crippen MR) is 146 cm³/mol. The van der Waals surface area contributed by atoms with Gasteiger partial charge in [0.25, 0.3) is 5.91 Å². The molecule has 2 heterocycles. The first kappa shape index (κ1) is 27.1. The summed E-state index contributed by atoms with van der Waals surface area (Å²) < 4.78 is 12.4. The highest BCUT2D eigenvalue weighted by molar-refractivity contribution is 7.99. The van der Waals surface area contributed by atoms with Gasteiger partial charge in [-0.2, -0.15) is 0 Å². The number of thioether (sulfide) groups is 1. The van der Waals surface area contributed by atoms with Crippen molar-refractivity contribution >= 4 is 40.0 Å². The van der Waals surface area contributed by atoms with Crippen LogP contribution in [0.3, 0.4) is 0 Å². The number of ether oxygens (including phenoxy) is 2. The van der Waals surface area contributed by atoms with E-state index in [0.717, 1.165) is 21.8 Å². The molecule has 2 amide bonds. The third-order valence-corrected chi connectivity index (χ3v) is 7.36. The summed E-state index contributed by atoms with van der Waals surface area (Å²) in [6.45, 7) is 5.96. The van der Waals surface area contributed by atoms with Crippen LogP contribution in [0.25, 0.3) is 5.69 Å². The number of rotatable bonds is 10. The Morgan fingerprint density at radius 2 is 1.79 bits per heavy atom. The van der Waals surface area contributed by atoms with Crippen molar-refractivity contribution in [1.29, 1.82) is 0 Å². The van der Waals surface area contributed by atoms with Crippen molar-refractivity contribution in [2.75, 3.05) is 25.3 Å². The minimum absolute atomic E-state index is 0.0969. The molecule has 0 atom stereocenters. The third-order valence-electron chi connectivity index (χ3n) is 5.67. The van der Waals surface area contributed by atoms with Gasteiger partial charge in [0.15, 0.2) is 22.5 Å². The average molecular weight is 554 g/mol. The molecule has 0 saturated heterocycles. The van der Waals surface area contributed by atoms with Gasteiger partial charge in [0, 0.05) is 5.56 Å². The van der Waals surface area contributed by atoms with Crippen LogP contribution in [0, 0.1) is 20.8 Å². The summed E-state index contributed by atoms with van der Waals surface area (Å²) in [6.07, 6.45) is 0. The quantitative estimate of drug-likeness (QED) is 0.282. The van der Waals surface area contributed by atoms with Crippen molar-refractivity contribution in [1.82, 2.24) is 30.3 Å². The number of methoxy groups -OCH3 is 2. The fourth-order valence-electron chi connectivity index (χ4n) is 3.60. The molecule has 2 aromatic carbocycles. The first-order valence-electron chi connectivity index (χ1n) is 11.5. The van der Waals surface area contributed by atoms with Crippen LogP contribution in [0.4, 0.5) is 5.13 Å². The van der Waals surface area contributed by atoms with E-state index in [1.807, 2.05) is 43.5 Å². The summed E-state index contributed by atoms with van der Waals surface area (Å²) in [7, 11) is 3.05. The molecule has 4 rings (SSSR count). The average Bonchev–Trinajstić information content (AvgIpc) is 3.52. The SMILES string of the molecule is COc1ccc(C(=O)NCc2nnc(SCC(=O)Nc3nnc(C)s3)n2-c2cccc(C)c2C)cc1OC. The van der Waals surface area contributed by atoms with Crippen LogP contribution in [0.2, 0.25) is 0 Å². The largest absolute Gasteiger partial charge is 0.493 e. The van der Waals surface area contributed by atoms with Crippen molar-refractivity contribution in [3.63, 3.8) is 0 Å². The number of aromatic nitrogens is 5. The molecule has 2 N–H and O–H groups in total. The number of hydrogen-bond acceptors (Lipinski definition) is 10. The lowest BCUT2D eigenvalue weighted by Gasteiger charge is -2.15. The molecule has 11 nitrogen and oxygen atoms in total. The molecule has 38 heavy (non-hydrogen) atoms. The Balaban J connectivity index is 1.55. The highest BCUT2D eigenvalue weighted by Crippen LogP contribution is 2.28. The number of carbonyl (C=O) groups excluding carboxylic acids is 2. The molecule has 0 aliphatic rings. The lowest BCUT2D eigenvalue weighted by atomic mass is 10.1. The summed E-state index contributed by atoms with van der Waals surface area (Å²) >= 11 is 2.55.